The second-order valence-corrected chi connectivity index (χ2v) is 8.22. The van der Waals surface area contributed by atoms with Crippen molar-refractivity contribution in [2.24, 2.45) is 0 Å². The molecular weight excluding hydrogens is 459 g/mol. The van der Waals surface area contributed by atoms with Gasteiger partial charge in [-0.25, -0.2) is 24.3 Å². The molecule has 5 aromatic rings. The van der Waals surface area contributed by atoms with Gasteiger partial charge in [-0.3, -0.25) is 0 Å². The lowest BCUT2D eigenvalue weighted by atomic mass is 10.1. The predicted molar refractivity (Wildman–Crippen MR) is 137 cm³/mol. The molecule has 0 aliphatic rings. The molecule has 8 nitrogen and oxygen atoms in total. The highest BCUT2D eigenvalue weighted by Gasteiger charge is 2.12. The van der Waals surface area contributed by atoms with Crippen molar-refractivity contribution in [3.63, 3.8) is 0 Å². The number of fused-ring (bicyclic) bond motifs is 1. The number of aryl methyl sites for hydroxylation is 1. The number of aromatic nitrogens is 5. The number of hydrogen-bond donors (Lipinski definition) is 1. The number of anilines is 1. The van der Waals surface area contributed by atoms with Crippen LogP contribution in [0.4, 0.5) is 10.2 Å². The maximum atomic E-state index is 14.1. The van der Waals surface area contributed by atoms with E-state index in [1.165, 1.54) is 24.8 Å². The van der Waals surface area contributed by atoms with Gasteiger partial charge in [0, 0.05) is 53.5 Å². The Labute approximate surface area is 207 Å². The number of methoxy groups -OCH3 is 2. The summed E-state index contributed by atoms with van der Waals surface area (Å²) in [5, 5.41) is 4.24. The van der Waals surface area contributed by atoms with Gasteiger partial charge in [-0.05, 0) is 19.1 Å². The summed E-state index contributed by atoms with van der Waals surface area (Å²) in [7, 11) is 3.13. The fraction of sp³-hybridized carbons (Fsp3) is 0.185. The quantitative estimate of drug-likeness (QED) is 0.327. The van der Waals surface area contributed by atoms with E-state index in [4.69, 9.17) is 9.47 Å². The van der Waals surface area contributed by atoms with Gasteiger partial charge >= 0.3 is 0 Å². The predicted octanol–water partition coefficient (Wildman–Crippen LogP) is 5.13. The standard InChI is InChI=1S/C27H25FN6O2/c1-17-10-21-24(11-20(28)12-25(21)35-2)34(17)9-8-29-26-13-22(30-15-32-26)18-4-6-19(7-5-18)23-14-27(36-3)33-16-31-23/h4-7,10-16H,8-9H2,1-3H3,(H,29,30,32). The fourth-order valence-electron chi connectivity index (χ4n) is 4.22. The molecule has 0 saturated carbocycles. The molecule has 1 N–H and O–H groups in total. The van der Waals surface area contributed by atoms with Crippen LogP contribution in [0.2, 0.25) is 0 Å². The normalized spacial score (nSPS) is 11.0. The van der Waals surface area contributed by atoms with Crippen LogP contribution in [-0.2, 0) is 6.54 Å². The zero-order valence-corrected chi connectivity index (χ0v) is 20.2. The van der Waals surface area contributed by atoms with E-state index in [-0.39, 0.29) is 5.82 Å². The van der Waals surface area contributed by atoms with Gasteiger partial charge in [-0.15, -0.1) is 0 Å². The van der Waals surface area contributed by atoms with Gasteiger partial charge in [0.05, 0.1) is 31.1 Å². The van der Waals surface area contributed by atoms with Crippen LogP contribution in [0.1, 0.15) is 5.69 Å². The molecule has 36 heavy (non-hydrogen) atoms. The van der Waals surface area contributed by atoms with Gasteiger partial charge in [0.1, 0.15) is 30.0 Å². The third-order valence-corrected chi connectivity index (χ3v) is 6.01. The average molecular weight is 485 g/mol. The molecule has 2 aromatic carbocycles. The van der Waals surface area contributed by atoms with Gasteiger partial charge in [-0.2, -0.15) is 0 Å². The van der Waals surface area contributed by atoms with Crippen LogP contribution < -0.4 is 14.8 Å². The lowest BCUT2D eigenvalue weighted by Gasteiger charge is -2.11. The number of rotatable bonds is 8. The van der Waals surface area contributed by atoms with E-state index in [2.05, 4.69) is 29.8 Å². The number of nitrogens with zero attached hydrogens (tertiary/aromatic N) is 5. The number of nitrogens with one attached hydrogen (secondary N) is 1. The molecule has 3 heterocycles. The molecule has 0 saturated heterocycles. The summed E-state index contributed by atoms with van der Waals surface area (Å²) in [6.45, 7) is 3.24. The van der Waals surface area contributed by atoms with Gasteiger partial charge in [0.25, 0.3) is 0 Å². The monoisotopic (exact) mass is 484 g/mol. The fourth-order valence-corrected chi connectivity index (χ4v) is 4.22. The molecule has 0 atom stereocenters. The van der Waals surface area contributed by atoms with Gasteiger partial charge in [0.2, 0.25) is 5.88 Å². The highest BCUT2D eigenvalue weighted by Crippen LogP contribution is 2.30. The van der Waals surface area contributed by atoms with E-state index < -0.39 is 0 Å². The largest absolute Gasteiger partial charge is 0.496 e. The zero-order valence-electron chi connectivity index (χ0n) is 20.2. The zero-order chi connectivity index (χ0) is 25.1. The molecule has 0 bridgehead atoms. The second-order valence-electron chi connectivity index (χ2n) is 8.22. The van der Waals surface area contributed by atoms with Gasteiger partial charge < -0.3 is 19.4 Å². The molecule has 5 rings (SSSR count). The first-order chi connectivity index (χ1) is 17.6. The summed E-state index contributed by atoms with van der Waals surface area (Å²) in [6.07, 6.45) is 3.02. The summed E-state index contributed by atoms with van der Waals surface area (Å²) in [5.41, 5.74) is 5.32. The van der Waals surface area contributed by atoms with Crippen LogP contribution in [-0.4, -0.2) is 45.3 Å². The first kappa shape index (κ1) is 23.2. The smallest absolute Gasteiger partial charge is 0.216 e. The summed E-state index contributed by atoms with van der Waals surface area (Å²) >= 11 is 0. The Bertz CT molecular complexity index is 1520. The molecule has 3 aromatic heterocycles. The molecule has 182 valence electrons. The van der Waals surface area contributed by atoms with Crippen LogP contribution in [0.3, 0.4) is 0 Å². The third-order valence-electron chi connectivity index (χ3n) is 6.01. The second kappa shape index (κ2) is 9.99. The molecule has 0 amide bonds. The topological polar surface area (TPSA) is 87.0 Å². The van der Waals surface area contributed by atoms with E-state index >= 15 is 0 Å². The van der Waals surface area contributed by atoms with Crippen LogP contribution in [0.25, 0.3) is 33.4 Å². The van der Waals surface area contributed by atoms with Crippen LogP contribution >= 0.6 is 0 Å². The molecule has 0 aliphatic carbocycles. The van der Waals surface area contributed by atoms with Crippen molar-refractivity contribution in [1.82, 2.24) is 24.5 Å². The Balaban J connectivity index is 1.29. The Kier molecular flexibility index (Phi) is 6.44. The highest BCUT2D eigenvalue weighted by molar-refractivity contribution is 5.87. The van der Waals surface area contributed by atoms with E-state index in [0.29, 0.717) is 30.5 Å². The van der Waals surface area contributed by atoms with Crippen LogP contribution in [0.15, 0.2) is 67.3 Å². The Hall–Kier alpha value is -4.53. The molecule has 9 heteroatoms. The van der Waals surface area contributed by atoms with Crippen LogP contribution in [0, 0.1) is 12.7 Å². The lowest BCUT2D eigenvalue weighted by molar-refractivity contribution is 0.397. The number of hydrogen-bond acceptors (Lipinski definition) is 7. The Morgan fingerprint density at radius 1 is 0.833 bits per heavy atom. The summed E-state index contributed by atoms with van der Waals surface area (Å²) in [6, 6.07) is 16.6. The average Bonchev–Trinajstić information content (AvgIpc) is 3.23. The van der Waals surface area contributed by atoms with Crippen molar-refractivity contribution < 1.29 is 13.9 Å². The molecule has 0 unspecified atom stereocenters. The third kappa shape index (κ3) is 4.68. The van der Waals surface area contributed by atoms with Crippen molar-refractivity contribution in [1.29, 1.82) is 0 Å². The Morgan fingerprint density at radius 2 is 1.53 bits per heavy atom. The summed E-state index contributed by atoms with van der Waals surface area (Å²) in [5.74, 6) is 1.44. The number of halogens is 1. The van der Waals surface area contributed by atoms with Crippen LogP contribution in [0.5, 0.6) is 11.6 Å². The number of benzene rings is 2. The van der Waals surface area contributed by atoms with Crippen molar-refractivity contribution in [2.45, 2.75) is 13.5 Å². The maximum absolute atomic E-state index is 14.1. The van der Waals surface area contributed by atoms with Crippen molar-refractivity contribution in [3.05, 3.63) is 78.8 Å². The lowest BCUT2D eigenvalue weighted by Crippen LogP contribution is -2.12. The maximum Gasteiger partial charge on any atom is 0.216 e. The Morgan fingerprint density at radius 3 is 2.22 bits per heavy atom. The van der Waals surface area contributed by atoms with Gasteiger partial charge in [-0.1, -0.05) is 24.3 Å². The summed E-state index contributed by atoms with van der Waals surface area (Å²) in [4.78, 5) is 17.1. The first-order valence-electron chi connectivity index (χ1n) is 11.4. The van der Waals surface area contributed by atoms with E-state index in [1.807, 2.05) is 43.3 Å². The minimum atomic E-state index is -0.322. The van der Waals surface area contributed by atoms with E-state index in [0.717, 1.165) is 39.1 Å². The molecule has 0 fully saturated rings. The van der Waals surface area contributed by atoms with Crippen molar-refractivity contribution in [3.8, 4) is 34.1 Å². The van der Waals surface area contributed by atoms with E-state index in [9.17, 15) is 4.39 Å². The van der Waals surface area contributed by atoms with Crippen molar-refractivity contribution in [2.75, 3.05) is 26.1 Å². The van der Waals surface area contributed by atoms with Crippen molar-refractivity contribution >= 4 is 16.7 Å². The first-order valence-corrected chi connectivity index (χ1v) is 11.4. The molecule has 0 aliphatic heterocycles. The molecular formula is C27H25FN6O2. The minimum Gasteiger partial charge on any atom is -0.496 e. The summed E-state index contributed by atoms with van der Waals surface area (Å²) < 4.78 is 26.7. The molecule has 0 radical (unpaired) electrons. The SMILES string of the molecule is COc1cc(-c2ccc(-c3cc(NCCn4c(C)cc5c(OC)cc(F)cc54)ncn3)cc2)ncn1. The van der Waals surface area contributed by atoms with Gasteiger partial charge in [0.15, 0.2) is 0 Å². The minimum absolute atomic E-state index is 0.322. The number of ether oxygens (including phenoxy) is 2. The highest BCUT2D eigenvalue weighted by atomic mass is 19.1. The molecule has 0 spiro atoms. The van der Waals surface area contributed by atoms with E-state index in [1.54, 1.807) is 20.3 Å².